The summed E-state index contributed by atoms with van der Waals surface area (Å²) in [4.78, 5) is 13.9. The summed E-state index contributed by atoms with van der Waals surface area (Å²) in [7, 11) is -1.36. The second kappa shape index (κ2) is 6.16. The van der Waals surface area contributed by atoms with Crippen LogP contribution in [0.5, 0.6) is 0 Å². The summed E-state index contributed by atoms with van der Waals surface area (Å²) in [5, 5.41) is 7.20. The first kappa shape index (κ1) is 15.7. The minimum absolute atomic E-state index is 0.0333. The molecule has 1 aliphatic rings. The van der Waals surface area contributed by atoms with Crippen molar-refractivity contribution in [2.24, 2.45) is 5.92 Å². The van der Waals surface area contributed by atoms with Crippen LogP contribution in [-0.4, -0.2) is 48.0 Å². The van der Waals surface area contributed by atoms with Crippen molar-refractivity contribution in [3.63, 3.8) is 0 Å². The van der Waals surface area contributed by atoms with E-state index in [0.717, 1.165) is 17.0 Å². The van der Waals surface area contributed by atoms with E-state index in [2.05, 4.69) is 10.2 Å². The molecule has 1 aromatic carbocycles. The summed E-state index contributed by atoms with van der Waals surface area (Å²) >= 11 is 0. The van der Waals surface area contributed by atoms with Crippen LogP contribution in [0.3, 0.4) is 0 Å². The van der Waals surface area contributed by atoms with Crippen molar-refractivity contribution < 1.29 is 13.2 Å². The van der Waals surface area contributed by atoms with Crippen LogP contribution in [0, 0.1) is 5.92 Å². The maximum atomic E-state index is 12.3. The minimum Gasteiger partial charge on any atom is -0.340 e. The van der Waals surface area contributed by atoms with Gasteiger partial charge in [0.15, 0.2) is 9.84 Å². The molecule has 0 spiro atoms. The number of amides is 1. The summed E-state index contributed by atoms with van der Waals surface area (Å²) in [6.07, 6.45) is 0.420. The third kappa shape index (κ3) is 3.61. The van der Waals surface area contributed by atoms with Gasteiger partial charge in [-0.1, -0.05) is 30.3 Å². The second-order valence-corrected chi connectivity index (χ2v) is 8.17. The number of hydrogen-bond acceptors (Lipinski definition) is 4. The third-order valence-electron chi connectivity index (χ3n) is 4.07. The molecule has 3 rings (SSSR count). The van der Waals surface area contributed by atoms with E-state index in [1.54, 1.807) is 11.9 Å². The van der Waals surface area contributed by atoms with Gasteiger partial charge in [0.25, 0.3) is 0 Å². The lowest BCUT2D eigenvalue weighted by Gasteiger charge is -2.19. The second-order valence-electron chi connectivity index (χ2n) is 5.94. The normalized spacial score (nSPS) is 19.6. The number of nitrogens with zero attached hydrogens (tertiary/aromatic N) is 2. The Balaban J connectivity index is 1.65. The van der Waals surface area contributed by atoms with Crippen molar-refractivity contribution >= 4 is 15.7 Å². The van der Waals surface area contributed by atoms with Gasteiger partial charge in [-0.15, -0.1) is 0 Å². The molecule has 1 N–H and O–H groups in total. The van der Waals surface area contributed by atoms with Gasteiger partial charge in [0.2, 0.25) is 5.91 Å². The zero-order valence-corrected chi connectivity index (χ0v) is 13.7. The zero-order valence-electron chi connectivity index (χ0n) is 12.9. The molecule has 2 aromatic rings. The Hall–Kier alpha value is -2.15. The van der Waals surface area contributed by atoms with Gasteiger partial charge >= 0.3 is 0 Å². The Morgan fingerprint density at radius 2 is 2.09 bits per heavy atom. The lowest BCUT2D eigenvalue weighted by Crippen LogP contribution is -2.33. The van der Waals surface area contributed by atoms with Crippen LogP contribution in [0.25, 0.3) is 11.3 Å². The average molecular weight is 333 g/mol. The molecule has 122 valence electrons. The van der Waals surface area contributed by atoms with Gasteiger partial charge in [0, 0.05) is 12.6 Å². The monoisotopic (exact) mass is 333 g/mol. The predicted molar refractivity (Wildman–Crippen MR) is 87.3 cm³/mol. The van der Waals surface area contributed by atoms with Crippen LogP contribution in [0.15, 0.2) is 36.4 Å². The molecule has 0 aliphatic carbocycles. The molecule has 0 radical (unpaired) electrons. The van der Waals surface area contributed by atoms with E-state index in [-0.39, 0.29) is 17.4 Å². The molecular weight excluding hydrogens is 314 g/mol. The number of hydrogen-bond donors (Lipinski definition) is 1. The summed E-state index contributed by atoms with van der Waals surface area (Å²) < 4.78 is 23.0. The zero-order chi connectivity index (χ0) is 16.4. The molecule has 2 heterocycles. The Bertz CT molecular complexity index is 799. The lowest BCUT2D eigenvalue weighted by atomic mass is 10.1. The molecule has 6 nitrogen and oxygen atoms in total. The minimum atomic E-state index is -3.05. The van der Waals surface area contributed by atoms with Crippen molar-refractivity contribution in [1.29, 1.82) is 0 Å². The predicted octanol–water partition coefficient (Wildman–Crippen LogP) is 1.47. The van der Waals surface area contributed by atoms with Crippen LogP contribution >= 0.6 is 0 Å². The van der Waals surface area contributed by atoms with Gasteiger partial charge in [-0.25, -0.2) is 8.42 Å². The van der Waals surface area contributed by atoms with Crippen molar-refractivity contribution in [2.45, 2.75) is 13.0 Å². The highest BCUT2D eigenvalue weighted by atomic mass is 32.2. The van der Waals surface area contributed by atoms with Gasteiger partial charge in [-0.05, 0) is 12.5 Å². The fourth-order valence-corrected chi connectivity index (χ4v) is 4.57. The molecule has 0 saturated carbocycles. The number of H-pyrrole nitrogens is 1. The first-order valence-corrected chi connectivity index (χ1v) is 9.32. The molecule has 1 fully saturated rings. The Labute approximate surface area is 135 Å². The molecule has 7 heteroatoms. The summed E-state index contributed by atoms with van der Waals surface area (Å²) in [5.74, 6) is -0.461. The van der Waals surface area contributed by atoms with E-state index in [9.17, 15) is 13.2 Å². The van der Waals surface area contributed by atoms with E-state index in [4.69, 9.17) is 0 Å². The molecule has 1 aromatic heterocycles. The summed E-state index contributed by atoms with van der Waals surface area (Å²) in [6.45, 7) is 0.384. The molecule has 1 saturated heterocycles. The highest BCUT2D eigenvalue weighted by molar-refractivity contribution is 7.91. The van der Waals surface area contributed by atoms with Gasteiger partial charge in [-0.2, -0.15) is 5.10 Å². The molecule has 1 aliphatic heterocycles. The van der Waals surface area contributed by atoms with Gasteiger partial charge in [-0.3, -0.25) is 9.89 Å². The smallest absolute Gasteiger partial charge is 0.226 e. The van der Waals surface area contributed by atoms with Crippen molar-refractivity contribution in [3.8, 4) is 11.3 Å². The van der Waals surface area contributed by atoms with E-state index in [1.807, 2.05) is 36.4 Å². The Morgan fingerprint density at radius 1 is 1.35 bits per heavy atom. The molecular formula is C16H19N3O3S. The number of nitrogens with one attached hydrogen (secondary N) is 1. The molecule has 1 atom stereocenters. The summed E-state index contributed by atoms with van der Waals surface area (Å²) in [6, 6.07) is 11.7. The quantitative estimate of drug-likeness (QED) is 0.918. The first-order chi connectivity index (χ1) is 10.9. The van der Waals surface area contributed by atoms with E-state index in [1.165, 1.54) is 0 Å². The number of carbonyl (C=O) groups is 1. The first-order valence-electron chi connectivity index (χ1n) is 7.50. The van der Waals surface area contributed by atoms with Gasteiger partial charge in [0.05, 0.1) is 35.4 Å². The Morgan fingerprint density at radius 3 is 2.74 bits per heavy atom. The number of aromatic nitrogens is 2. The third-order valence-corrected chi connectivity index (χ3v) is 5.83. The summed E-state index contributed by atoms with van der Waals surface area (Å²) in [5.41, 5.74) is 2.65. The fraction of sp³-hybridized carbons (Fsp3) is 0.375. The lowest BCUT2D eigenvalue weighted by molar-refractivity contribution is -0.134. The van der Waals surface area contributed by atoms with E-state index in [0.29, 0.717) is 13.0 Å². The van der Waals surface area contributed by atoms with Crippen LogP contribution in [-0.2, 0) is 21.2 Å². The van der Waals surface area contributed by atoms with Crippen LogP contribution < -0.4 is 0 Å². The van der Waals surface area contributed by atoms with E-state index >= 15 is 0 Å². The maximum Gasteiger partial charge on any atom is 0.226 e. The topological polar surface area (TPSA) is 83.1 Å². The van der Waals surface area contributed by atoms with Gasteiger partial charge in [0.1, 0.15) is 0 Å². The largest absolute Gasteiger partial charge is 0.340 e. The van der Waals surface area contributed by atoms with Crippen molar-refractivity contribution in [2.75, 3.05) is 18.6 Å². The molecule has 1 amide bonds. The maximum absolute atomic E-state index is 12.3. The molecule has 23 heavy (non-hydrogen) atoms. The van der Waals surface area contributed by atoms with Crippen molar-refractivity contribution in [1.82, 2.24) is 15.1 Å². The number of rotatable bonds is 4. The van der Waals surface area contributed by atoms with E-state index < -0.39 is 15.8 Å². The highest BCUT2D eigenvalue weighted by Crippen LogP contribution is 2.22. The average Bonchev–Trinajstić information content (AvgIpc) is 3.14. The Kier molecular flexibility index (Phi) is 4.21. The fourth-order valence-electron chi connectivity index (χ4n) is 2.83. The van der Waals surface area contributed by atoms with Gasteiger partial charge < -0.3 is 4.90 Å². The van der Waals surface area contributed by atoms with Crippen LogP contribution in [0.4, 0.5) is 0 Å². The number of aromatic amines is 1. The highest BCUT2D eigenvalue weighted by Gasteiger charge is 2.34. The number of sulfone groups is 1. The molecule has 1 unspecified atom stereocenters. The molecule has 0 bridgehead atoms. The number of benzene rings is 1. The van der Waals surface area contributed by atoms with Crippen LogP contribution in [0.2, 0.25) is 0 Å². The SMILES string of the molecule is CN(Cc1cc(-c2ccccc2)n[nH]1)C(=O)C1CCS(=O)(=O)C1. The van der Waals surface area contributed by atoms with Crippen LogP contribution in [0.1, 0.15) is 12.1 Å². The van der Waals surface area contributed by atoms with Crippen molar-refractivity contribution in [3.05, 3.63) is 42.1 Å². The standard InChI is InChI=1S/C16H19N3O3S/c1-19(16(20)13-7-8-23(21,22)11-13)10-14-9-15(18-17-14)12-5-3-2-4-6-12/h2-6,9,13H,7-8,10-11H2,1H3,(H,17,18). The number of carbonyl (C=O) groups excluding carboxylic acids is 1.